The number of hydrogen-bond acceptors (Lipinski definition) is 3. The Balaban J connectivity index is 0.000000770. The monoisotopic (exact) mass is 256 g/mol. The number of thiol groups is 1. The Morgan fingerprint density at radius 1 is 1.24 bits per heavy atom. The fraction of sp³-hybridized carbons (Fsp3) is 0.929. The van der Waals surface area contributed by atoms with Crippen molar-refractivity contribution < 1.29 is 0 Å². The minimum Gasteiger partial charge on any atom is -0.306 e. The number of rotatable bonds is 7. The molecule has 0 saturated carbocycles. The second kappa shape index (κ2) is 12.3. The fourth-order valence-corrected chi connectivity index (χ4v) is 2.48. The molecule has 0 bridgehead atoms. The second-order valence-corrected chi connectivity index (χ2v) is 5.27. The van der Waals surface area contributed by atoms with Crippen LogP contribution in [0.3, 0.4) is 0 Å². The predicted octanol–water partition coefficient (Wildman–Crippen LogP) is 4.09. The molecule has 2 nitrogen and oxygen atoms in total. The quantitative estimate of drug-likeness (QED) is 0.422. The van der Waals surface area contributed by atoms with E-state index in [9.17, 15) is 0 Å². The van der Waals surface area contributed by atoms with Gasteiger partial charge in [-0.1, -0.05) is 58.1 Å². The van der Waals surface area contributed by atoms with Crippen LogP contribution in [0.25, 0.3) is 0 Å². The average molecular weight is 256 g/mol. The van der Waals surface area contributed by atoms with Crippen molar-refractivity contribution in [2.45, 2.75) is 58.3 Å². The number of hydrogen-bond donors (Lipinski definition) is 1. The number of nitrogens with zero attached hydrogens (tertiary/aromatic N) is 2. The van der Waals surface area contributed by atoms with Crippen LogP contribution in [0, 0.1) is 16.6 Å². The van der Waals surface area contributed by atoms with Crippen LogP contribution in [0.1, 0.15) is 58.3 Å². The number of thiocyanates is 1. The van der Waals surface area contributed by atoms with Gasteiger partial charge in [0.15, 0.2) is 0 Å². The maximum atomic E-state index is 7.18. The van der Waals surface area contributed by atoms with Crippen molar-refractivity contribution in [2.24, 2.45) is 5.92 Å². The molecule has 0 aromatic carbocycles. The molecule has 0 spiro atoms. The summed E-state index contributed by atoms with van der Waals surface area (Å²) < 4.78 is 0. The number of likely N-dealkylation sites (tertiary alicyclic amines) is 1. The normalized spacial score (nSPS) is 19.5. The Morgan fingerprint density at radius 3 is 2.35 bits per heavy atom. The molecule has 1 heterocycles. The summed E-state index contributed by atoms with van der Waals surface area (Å²) in [5.41, 5.74) is 0. The first-order valence-corrected chi connectivity index (χ1v) is 7.41. The van der Waals surface area contributed by atoms with Crippen LogP contribution in [0.15, 0.2) is 0 Å². The summed E-state index contributed by atoms with van der Waals surface area (Å²) in [7, 11) is 2.25. The van der Waals surface area contributed by atoms with Crippen molar-refractivity contribution in [1.29, 1.82) is 5.26 Å². The van der Waals surface area contributed by atoms with Gasteiger partial charge in [0.05, 0.1) is 0 Å². The number of unbranched alkanes of at least 4 members (excludes halogenated alkanes) is 5. The van der Waals surface area contributed by atoms with E-state index in [0.717, 1.165) is 5.92 Å². The standard InChI is InChI=1S/C13H27N.CHNS/c1-3-4-5-6-7-8-9-13-10-11-14(2)12-13;2-1-3/h13H,3-12H2,1-2H3;3H. The van der Waals surface area contributed by atoms with Crippen molar-refractivity contribution in [1.82, 2.24) is 4.90 Å². The Hall–Kier alpha value is -0.200. The third kappa shape index (κ3) is 10.7. The first kappa shape index (κ1) is 16.8. The minimum atomic E-state index is 1.02. The van der Waals surface area contributed by atoms with Gasteiger partial charge < -0.3 is 4.90 Å². The summed E-state index contributed by atoms with van der Waals surface area (Å²) in [6.45, 7) is 4.98. The molecular formula is C14H28N2S. The Labute approximate surface area is 113 Å². The van der Waals surface area contributed by atoms with Gasteiger partial charge in [-0.15, -0.1) is 0 Å². The summed E-state index contributed by atoms with van der Waals surface area (Å²) in [6, 6.07) is 0. The molecular weight excluding hydrogens is 228 g/mol. The van der Waals surface area contributed by atoms with Gasteiger partial charge >= 0.3 is 0 Å². The van der Waals surface area contributed by atoms with Crippen molar-refractivity contribution in [3.8, 4) is 5.40 Å². The van der Waals surface area contributed by atoms with E-state index >= 15 is 0 Å². The van der Waals surface area contributed by atoms with E-state index in [1.54, 1.807) is 0 Å². The van der Waals surface area contributed by atoms with Gasteiger partial charge in [-0.05, 0) is 32.4 Å². The Bertz CT molecular complexity index is 201. The summed E-state index contributed by atoms with van der Waals surface area (Å²) in [5, 5.41) is 8.63. The zero-order chi connectivity index (χ0) is 12.9. The molecule has 3 heteroatoms. The first-order chi connectivity index (χ1) is 8.24. The van der Waals surface area contributed by atoms with E-state index in [1.165, 1.54) is 69.9 Å². The van der Waals surface area contributed by atoms with E-state index in [-0.39, 0.29) is 0 Å². The fourth-order valence-electron chi connectivity index (χ4n) is 2.48. The van der Waals surface area contributed by atoms with E-state index in [1.807, 2.05) is 0 Å². The lowest BCUT2D eigenvalue weighted by Gasteiger charge is -2.09. The highest BCUT2D eigenvalue weighted by atomic mass is 32.1. The zero-order valence-electron chi connectivity index (χ0n) is 11.5. The smallest absolute Gasteiger partial charge is 0.130 e. The Morgan fingerprint density at radius 2 is 1.82 bits per heavy atom. The molecule has 17 heavy (non-hydrogen) atoms. The highest BCUT2D eigenvalue weighted by molar-refractivity contribution is 7.85. The van der Waals surface area contributed by atoms with Gasteiger partial charge in [-0.2, -0.15) is 5.26 Å². The third-order valence-electron chi connectivity index (χ3n) is 3.45. The highest BCUT2D eigenvalue weighted by Gasteiger charge is 2.18. The highest BCUT2D eigenvalue weighted by Crippen LogP contribution is 2.21. The second-order valence-electron chi connectivity index (χ2n) is 5.07. The van der Waals surface area contributed by atoms with E-state index in [2.05, 4.69) is 31.5 Å². The van der Waals surface area contributed by atoms with E-state index < -0.39 is 0 Å². The summed E-state index contributed by atoms with van der Waals surface area (Å²) in [6.07, 6.45) is 11.6. The van der Waals surface area contributed by atoms with Crippen molar-refractivity contribution in [3.63, 3.8) is 0 Å². The maximum Gasteiger partial charge on any atom is 0.130 e. The van der Waals surface area contributed by atoms with Gasteiger partial charge in [0.2, 0.25) is 0 Å². The topological polar surface area (TPSA) is 27.0 Å². The van der Waals surface area contributed by atoms with E-state index in [0.29, 0.717) is 0 Å². The van der Waals surface area contributed by atoms with Gasteiger partial charge in [0.25, 0.3) is 0 Å². The minimum absolute atomic E-state index is 1.02. The van der Waals surface area contributed by atoms with Gasteiger partial charge in [0, 0.05) is 6.54 Å². The van der Waals surface area contributed by atoms with Crippen LogP contribution in [0.5, 0.6) is 0 Å². The summed E-state index contributed by atoms with van der Waals surface area (Å²) in [5.74, 6) is 1.02. The van der Waals surface area contributed by atoms with Crippen molar-refractivity contribution in [3.05, 3.63) is 0 Å². The zero-order valence-corrected chi connectivity index (χ0v) is 12.4. The van der Waals surface area contributed by atoms with Gasteiger partial charge in [-0.3, -0.25) is 0 Å². The van der Waals surface area contributed by atoms with Crippen LogP contribution < -0.4 is 0 Å². The molecule has 1 saturated heterocycles. The SMILES string of the molecule is CCCCCCCCC1CCN(C)C1.N#CS. The molecule has 0 aromatic rings. The molecule has 1 rings (SSSR count). The van der Waals surface area contributed by atoms with Gasteiger partial charge in [0.1, 0.15) is 5.40 Å². The van der Waals surface area contributed by atoms with Crippen LogP contribution in [0.2, 0.25) is 0 Å². The molecule has 0 aromatic heterocycles. The van der Waals surface area contributed by atoms with Crippen LogP contribution in [0.4, 0.5) is 0 Å². The van der Waals surface area contributed by atoms with Crippen molar-refractivity contribution in [2.75, 3.05) is 20.1 Å². The first-order valence-electron chi connectivity index (χ1n) is 6.96. The Kier molecular flexibility index (Phi) is 12.1. The van der Waals surface area contributed by atoms with Gasteiger partial charge in [-0.25, -0.2) is 0 Å². The molecule has 1 aliphatic rings. The predicted molar refractivity (Wildman–Crippen MR) is 78.2 cm³/mol. The molecule has 1 unspecified atom stereocenters. The molecule has 0 N–H and O–H groups in total. The molecule has 0 aliphatic carbocycles. The van der Waals surface area contributed by atoms with E-state index in [4.69, 9.17) is 5.26 Å². The largest absolute Gasteiger partial charge is 0.306 e. The number of nitriles is 1. The molecule has 1 fully saturated rings. The van der Waals surface area contributed by atoms with Crippen LogP contribution in [-0.2, 0) is 0 Å². The molecule has 0 amide bonds. The molecule has 1 atom stereocenters. The van der Waals surface area contributed by atoms with Crippen molar-refractivity contribution >= 4 is 12.6 Å². The summed E-state index contributed by atoms with van der Waals surface area (Å²) >= 11 is 3.09. The lowest BCUT2D eigenvalue weighted by molar-refractivity contribution is 0.382. The molecule has 100 valence electrons. The van der Waals surface area contributed by atoms with Crippen LogP contribution in [-0.4, -0.2) is 25.0 Å². The lowest BCUT2D eigenvalue weighted by Crippen LogP contribution is -2.13. The maximum absolute atomic E-state index is 7.18. The molecule has 1 aliphatic heterocycles. The lowest BCUT2D eigenvalue weighted by atomic mass is 10.00. The average Bonchev–Trinajstić information content (AvgIpc) is 2.70. The molecule has 0 radical (unpaired) electrons. The summed E-state index contributed by atoms with van der Waals surface area (Å²) in [4.78, 5) is 2.47. The van der Waals surface area contributed by atoms with Crippen LogP contribution >= 0.6 is 12.6 Å². The third-order valence-corrected chi connectivity index (χ3v) is 3.45.